The predicted octanol–water partition coefficient (Wildman–Crippen LogP) is 1.63. The minimum atomic E-state index is -0.336. The van der Waals surface area contributed by atoms with Crippen LogP contribution in [0.3, 0.4) is 0 Å². The molecular formula is C12H24N2OS. The van der Waals surface area contributed by atoms with E-state index in [1.165, 1.54) is 6.42 Å². The highest BCUT2D eigenvalue weighted by molar-refractivity contribution is 7.98. The van der Waals surface area contributed by atoms with Gasteiger partial charge < -0.3 is 10.6 Å². The zero-order valence-electron chi connectivity index (χ0n) is 10.6. The first-order valence-corrected chi connectivity index (χ1v) is 7.50. The molecule has 2 N–H and O–H groups in total. The third kappa shape index (κ3) is 3.98. The smallest absolute Gasteiger partial charge is 0.240 e. The normalized spacial score (nSPS) is 27.4. The van der Waals surface area contributed by atoms with Gasteiger partial charge in [-0.15, -0.1) is 0 Å². The van der Waals surface area contributed by atoms with Gasteiger partial charge in [-0.1, -0.05) is 6.92 Å². The Hall–Kier alpha value is -0.220. The molecule has 2 unspecified atom stereocenters. The number of amides is 1. The van der Waals surface area contributed by atoms with Gasteiger partial charge in [0.15, 0.2) is 0 Å². The molecule has 0 bridgehead atoms. The second-order valence-electron chi connectivity index (χ2n) is 4.99. The Labute approximate surface area is 103 Å². The Kier molecular flexibility index (Phi) is 5.62. The summed E-state index contributed by atoms with van der Waals surface area (Å²) in [7, 11) is 0. The van der Waals surface area contributed by atoms with Gasteiger partial charge in [0.1, 0.15) is 0 Å². The summed E-state index contributed by atoms with van der Waals surface area (Å²) in [6, 6.07) is 0. The molecule has 0 spiro atoms. The van der Waals surface area contributed by atoms with Crippen molar-refractivity contribution in [3.8, 4) is 0 Å². The Morgan fingerprint density at radius 2 is 2.31 bits per heavy atom. The number of carbonyl (C=O) groups is 1. The molecule has 1 rings (SSSR count). The van der Waals surface area contributed by atoms with E-state index in [0.717, 1.165) is 31.7 Å². The van der Waals surface area contributed by atoms with Crippen molar-refractivity contribution in [3.05, 3.63) is 0 Å². The van der Waals surface area contributed by atoms with E-state index in [4.69, 9.17) is 0 Å². The fourth-order valence-corrected chi connectivity index (χ4v) is 2.74. The maximum Gasteiger partial charge on any atom is 0.240 e. The van der Waals surface area contributed by atoms with Gasteiger partial charge in [-0.3, -0.25) is 4.79 Å². The number of rotatable bonds is 5. The maximum atomic E-state index is 12.0. The lowest BCUT2D eigenvalue weighted by Gasteiger charge is -2.33. The fraction of sp³-hybridized carbons (Fsp3) is 0.917. The van der Waals surface area contributed by atoms with Crippen LogP contribution in [-0.2, 0) is 4.79 Å². The van der Waals surface area contributed by atoms with Crippen molar-refractivity contribution in [2.24, 2.45) is 5.92 Å². The molecule has 1 aliphatic heterocycles. The monoisotopic (exact) mass is 244 g/mol. The van der Waals surface area contributed by atoms with Gasteiger partial charge in [0.25, 0.3) is 0 Å². The van der Waals surface area contributed by atoms with Crippen LogP contribution in [0.15, 0.2) is 0 Å². The highest BCUT2D eigenvalue weighted by atomic mass is 32.2. The average molecular weight is 244 g/mol. The molecule has 0 aromatic carbocycles. The lowest BCUT2D eigenvalue weighted by molar-refractivity contribution is -0.128. The van der Waals surface area contributed by atoms with Gasteiger partial charge in [0, 0.05) is 6.54 Å². The second-order valence-corrected chi connectivity index (χ2v) is 5.90. The second kappa shape index (κ2) is 6.50. The van der Waals surface area contributed by atoms with E-state index >= 15 is 0 Å². The topological polar surface area (TPSA) is 41.1 Å². The van der Waals surface area contributed by atoms with Crippen molar-refractivity contribution in [2.45, 2.75) is 38.6 Å². The Morgan fingerprint density at radius 3 is 2.88 bits per heavy atom. The number of piperidine rings is 1. The largest absolute Gasteiger partial charge is 0.354 e. The van der Waals surface area contributed by atoms with Gasteiger partial charge in [0.2, 0.25) is 5.91 Å². The van der Waals surface area contributed by atoms with E-state index in [9.17, 15) is 4.79 Å². The molecule has 1 saturated heterocycles. The number of nitrogens with one attached hydrogen (secondary N) is 2. The fourth-order valence-electron chi connectivity index (χ4n) is 2.06. The van der Waals surface area contributed by atoms with E-state index < -0.39 is 0 Å². The summed E-state index contributed by atoms with van der Waals surface area (Å²) < 4.78 is 0. The molecule has 1 aliphatic rings. The molecule has 0 aromatic rings. The van der Waals surface area contributed by atoms with Crippen LogP contribution in [0.4, 0.5) is 0 Å². The van der Waals surface area contributed by atoms with Crippen molar-refractivity contribution in [1.82, 2.24) is 10.6 Å². The first kappa shape index (κ1) is 13.8. The predicted molar refractivity (Wildman–Crippen MR) is 70.8 cm³/mol. The van der Waals surface area contributed by atoms with Crippen LogP contribution in [0.5, 0.6) is 0 Å². The van der Waals surface area contributed by atoms with E-state index in [1.54, 1.807) is 0 Å². The van der Waals surface area contributed by atoms with E-state index in [0.29, 0.717) is 5.92 Å². The van der Waals surface area contributed by atoms with E-state index in [2.05, 4.69) is 23.8 Å². The Bertz CT molecular complexity index is 227. The SMILES string of the molecule is CSCC(C)CNC(=O)C1(C)CCCCN1. The highest BCUT2D eigenvalue weighted by Gasteiger charge is 2.33. The van der Waals surface area contributed by atoms with Crippen LogP contribution in [0.1, 0.15) is 33.1 Å². The number of thioether (sulfide) groups is 1. The van der Waals surface area contributed by atoms with Crippen LogP contribution >= 0.6 is 11.8 Å². The Morgan fingerprint density at radius 1 is 1.56 bits per heavy atom. The third-order valence-corrected chi connectivity index (χ3v) is 4.08. The summed E-state index contributed by atoms with van der Waals surface area (Å²) >= 11 is 1.83. The van der Waals surface area contributed by atoms with Crippen molar-refractivity contribution in [2.75, 3.05) is 25.1 Å². The zero-order valence-corrected chi connectivity index (χ0v) is 11.5. The summed E-state index contributed by atoms with van der Waals surface area (Å²) in [4.78, 5) is 12.0. The maximum absolute atomic E-state index is 12.0. The van der Waals surface area contributed by atoms with Crippen LogP contribution in [0, 0.1) is 5.92 Å². The van der Waals surface area contributed by atoms with Crippen molar-refractivity contribution >= 4 is 17.7 Å². The zero-order chi connectivity index (χ0) is 12.0. The third-order valence-electron chi connectivity index (χ3n) is 3.18. The van der Waals surface area contributed by atoms with Crippen molar-refractivity contribution in [1.29, 1.82) is 0 Å². The van der Waals surface area contributed by atoms with Gasteiger partial charge in [-0.25, -0.2) is 0 Å². The van der Waals surface area contributed by atoms with Gasteiger partial charge in [-0.05, 0) is 50.7 Å². The summed E-state index contributed by atoms with van der Waals surface area (Å²) in [6.07, 6.45) is 5.39. The molecule has 0 saturated carbocycles. The minimum Gasteiger partial charge on any atom is -0.354 e. The standard InChI is InChI=1S/C12H24N2OS/c1-10(9-16-3)8-13-11(15)12(2)6-4-5-7-14-12/h10,14H,4-9H2,1-3H3,(H,13,15). The van der Waals surface area contributed by atoms with Crippen LogP contribution in [0.2, 0.25) is 0 Å². The first-order chi connectivity index (χ1) is 7.58. The lowest BCUT2D eigenvalue weighted by Crippen LogP contribution is -2.57. The molecular weight excluding hydrogens is 220 g/mol. The summed E-state index contributed by atoms with van der Waals surface area (Å²) in [6.45, 7) is 5.94. The first-order valence-electron chi connectivity index (χ1n) is 6.11. The minimum absolute atomic E-state index is 0.167. The molecule has 4 heteroatoms. The Balaban J connectivity index is 2.33. The molecule has 0 radical (unpaired) electrons. The van der Waals surface area contributed by atoms with Gasteiger partial charge >= 0.3 is 0 Å². The van der Waals surface area contributed by atoms with Gasteiger partial charge in [-0.2, -0.15) is 11.8 Å². The van der Waals surface area contributed by atoms with Crippen LogP contribution in [0.25, 0.3) is 0 Å². The van der Waals surface area contributed by atoms with Crippen LogP contribution < -0.4 is 10.6 Å². The van der Waals surface area contributed by atoms with Gasteiger partial charge in [0.05, 0.1) is 5.54 Å². The average Bonchev–Trinajstić information content (AvgIpc) is 2.27. The molecule has 16 heavy (non-hydrogen) atoms. The molecule has 1 amide bonds. The molecule has 2 atom stereocenters. The molecule has 1 fully saturated rings. The highest BCUT2D eigenvalue weighted by Crippen LogP contribution is 2.18. The van der Waals surface area contributed by atoms with Crippen molar-refractivity contribution < 1.29 is 4.79 Å². The summed E-state index contributed by atoms with van der Waals surface area (Å²) in [5, 5.41) is 6.40. The number of carbonyl (C=O) groups excluding carboxylic acids is 1. The summed E-state index contributed by atoms with van der Waals surface area (Å²) in [5.74, 6) is 1.82. The number of hydrogen-bond acceptors (Lipinski definition) is 3. The quantitative estimate of drug-likeness (QED) is 0.772. The van der Waals surface area contributed by atoms with E-state index in [-0.39, 0.29) is 11.4 Å². The molecule has 1 heterocycles. The van der Waals surface area contributed by atoms with E-state index in [1.807, 2.05) is 18.7 Å². The lowest BCUT2D eigenvalue weighted by atomic mass is 9.90. The number of hydrogen-bond donors (Lipinski definition) is 2. The molecule has 94 valence electrons. The van der Waals surface area contributed by atoms with Crippen molar-refractivity contribution in [3.63, 3.8) is 0 Å². The molecule has 0 aromatic heterocycles. The summed E-state index contributed by atoms with van der Waals surface area (Å²) in [5.41, 5.74) is -0.336. The molecule has 3 nitrogen and oxygen atoms in total. The van der Waals surface area contributed by atoms with Crippen LogP contribution in [-0.4, -0.2) is 36.5 Å². The molecule has 0 aliphatic carbocycles.